The molecule has 2 saturated heterocycles. The summed E-state index contributed by atoms with van der Waals surface area (Å²) < 4.78 is 0. The smallest absolute Gasteiger partial charge is 0.305 e. The quantitative estimate of drug-likeness (QED) is 0.637. The highest BCUT2D eigenvalue weighted by molar-refractivity contribution is 6.07. The predicted molar refractivity (Wildman–Crippen MR) is 120 cm³/mol. The van der Waals surface area contributed by atoms with Gasteiger partial charge in [-0.05, 0) is 36.5 Å². The summed E-state index contributed by atoms with van der Waals surface area (Å²) in [5, 5.41) is 0. The van der Waals surface area contributed by atoms with E-state index >= 15 is 0 Å². The van der Waals surface area contributed by atoms with Crippen LogP contribution in [0.25, 0.3) is 0 Å². The Morgan fingerprint density at radius 1 is 1.00 bits per heavy atom. The van der Waals surface area contributed by atoms with Crippen LogP contribution in [0.5, 0.6) is 0 Å². The molecule has 2 fully saturated rings. The van der Waals surface area contributed by atoms with Gasteiger partial charge >= 0.3 is 6.03 Å². The van der Waals surface area contributed by atoms with Crippen molar-refractivity contribution in [1.29, 1.82) is 0 Å². The average molecular weight is 421 g/mol. The minimum atomic E-state index is -0.756. The topological polar surface area (TPSA) is 56.8 Å². The van der Waals surface area contributed by atoms with Crippen LogP contribution in [0.3, 0.4) is 0 Å². The number of carbonyl (C=O) groups is 2. The molecule has 2 aliphatic rings. The number of aromatic nitrogens is 1. The van der Waals surface area contributed by atoms with Crippen LogP contribution in [-0.2, 0) is 17.9 Å². The number of benzene rings is 1. The van der Waals surface area contributed by atoms with Gasteiger partial charge in [-0.25, -0.2) is 4.79 Å². The zero-order valence-electron chi connectivity index (χ0n) is 18.5. The van der Waals surface area contributed by atoms with Gasteiger partial charge < -0.3 is 9.80 Å². The molecule has 0 aliphatic carbocycles. The van der Waals surface area contributed by atoms with Crippen molar-refractivity contribution in [2.75, 3.05) is 19.6 Å². The number of hydrogen-bond donors (Lipinski definition) is 0. The van der Waals surface area contributed by atoms with Crippen molar-refractivity contribution >= 4 is 11.9 Å². The standard InChI is InChI=1S/C25H32N4O2/c1-3-20(2)17-27-15-12-25(13-16-27)23(30)28(19-22-11-7-8-14-26-22)24(31)29(25)18-21-9-5-4-6-10-21/h4-11,14,20H,3,12-13,15-19H2,1-2H3. The molecule has 6 nitrogen and oxygen atoms in total. The fraction of sp³-hybridized carbons (Fsp3) is 0.480. The molecule has 0 saturated carbocycles. The number of piperidine rings is 1. The lowest BCUT2D eigenvalue weighted by atomic mass is 9.85. The first-order valence-corrected chi connectivity index (χ1v) is 11.3. The summed E-state index contributed by atoms with van der Waals surface area (Å²) in [4.78, 5) is 37.2. The molecule has 0 N–H and O–H groups in total. The van der Waals surface area contributed by atoms with E-state index in [2.05, 4.69) is 23.7 Å². The Kier molecular flexibility index (Phi) is 6.37. The van der Waals surface area contributed by atoms with Crippen LogP contribution in [0.15, 0.2) is 54.7 Å². The van der Waals surface area contributed by atoms with Crippen molar-refractivity contribution in [2.45, 2.75) is 51.7 Å². The molecule has 164 valence electrons. The van der Waals surface area contributed by atoms with Gasteiger partial charge in [-0.2, -0.15) is 0 Å². The maximum atomic E-state index is 13.7. The summed E-state index contributed by atoms with van der Waals surface area (Å²) in [6.07, 6.45) is 4.21. The Morgan fingerprint density at radius 3 is 2.35 bits per heavy atom. The molecule has 1 spiro atoms. The zero-order chi connectivity index (χ0) is 21.8. The molecule has 31 heavy (non-hydrogen) atoms. The molecule has 1 unspecified atom stereocenters. The molecule has 2 aliphatic heterocycles. The van der Waals surface area contributed by atoms with E-state index in [0.717, 1.165) is 37.3 Å². The first-order chi connectivity index (χ1) is 15.0. The molecule has 3 amide bonds. The Morgan fingerprint density at radius 2 is 1.71 bits per heavy atom. The first kappa shape index (κ1) is 21.5. The minimum Gasteiger partial charge on any atom is -0.305 e. The molecular weight excluding hydrogens is 388 g/mol. The number of rotatable bonds is 7. The van der Waals surface area contributed by atoms with Gasteiger partial charge in [0.25, 0.3) is 5.91 Å². The minimum absolute atomic E-state index is 0.0673. The van der Waals surface area contributed by atoms with Gasteiger partial charge in [0.15, 0.2) is 0 Å². The van der Waals surface area contributed by atoms with E-state index in [1.165, 1.54) is 4.90 Å². The van der Waals surface area contributed by atoms with Gasteiger partial charge in [0.2, 0.25) is 0 Å². The van der Waals surface area contributed by atoms with Gasteiger partial charge in [0.05, 0.1) is 12.2 Å². The summed E-state index contributed by atoms with van der Waals surface area (Å²) in [5.74, 6) is 0.568. The molecule has 4 rings (SSSR count). The molecule has 3 heterocycles. The van der Waals surface area contributed by atoms with Gasteiger partial charge in [-0.1, -0.05) is 56.7 Å². The van der Waals surface area contributed by atoms with Gasteiger partial charge in [0, 0.05) is 32.4 Å². The number of urea groups is 1. The summed E-state index contributed by atoms with van der Waals surface area (Å²) in [7, 11) is 0. The van der Waals surface area contributed by atoms with Gasteiger partial charge in [0.1, 0.15) is 5.54 Å². The monoisotopic (exact) mass is 420 g/mol. The van der Waals surface area contributed by atoms with Crippen LogP contribution in [0.2, 0.25) is 0 Å². The predicted octanol–water partition coefficient (Wildman–Crippen LogP) is 3.93. The maximum absolute atomic E-state index is 13.7. The maximum Gasteiger partial charge on any atom is 0.328 e. The highest BCUT2D eigenvalue weighted by Gasteiger charge is 2.57. The second kappa shape index (κ2) is 9.18. The summed E-state index contributed by atoms with van der Waals surface area (Å²) in [6.45, 7) is 7.89. The number of amides is 3. The van der Waals surface area contributed by atoms with Crippen LogP contribution in [0.1, 0.15) is 44.4 Å². The van der Waals surface area contributed by atoms with E-state index in [-0.39, 0.29) is 18.5 Å². The Balaban J connectivity index is 1.59. The van der Waals surface area contributed by atoms with E-state index in [1.54, 1.807) is 6.20 Å². The van der Waals surface area contributed by atoms with Crippen LogP contribution in [0, 0.1) is 5.92 Å². The van der Waals surface area contributed by atoms with Crippen molar-refractivity contribution in [1.82, 2.24) is 19.7 Å². The second-order valence-electron chi connectivity index (χ2n) is 8.91. The number of carbonyl (C=O) groups excluding carboxylic acids is 2. The highest BCUT2D eigenvalue weighted by atomic mass is 16.2. The van der Waals surface area contributed by atoms with Crippen molar-refractivity contribution in [3.63, 3.8) is 0 Å². The van der Waals surface area contributed by atoms with E-state index < -0.39 is 5.54 Å². The fourth-order valence-electron chi connectivity index (χ4n) is 4.72. The van der Waals surface area contributed by atoms with E-state index in [9.17, 15) is 9.59 Å². The van der Waals surface area contributed by atoms with Crippen molar-refractivity contribution in [3.8, 4) is 0 Å². The lowest BCUT2D eigenvalue weighted by Gasteiger charge is -2.42. The molecule has 0 bridgehead atoms. The Labute approximate surface area is 184 Å². The third kappa shape index (κ3) is 4.35. The van der Waals surface area contributed by atoms with E-state index in [1.807, 2.05) is 53.4 Å². The summed E-state index contributed by atoms with van der Waals surface area (Å²) >= 11 is 0. The fourth-order valence-corrected chi connectivity index (χ4v) is 4.72. The van der Waals surface area contributed by atoms with Gasteiger partial charge in [-0.15, -0.1) is 0 Å². The molecule has 1 aromatic carbocycles. The van der Waals surface area contributed by atoms with Crippen LogP contribution >= 0.6 is 0 Å². The largest absolute Gasteiger partial charge is 0.328 e. The van der Waals surface area contributed by atoms with Crippen LogP contribution in [-0.4, -0.2) is 56.8 Å². The van der Waals surface area contributed by atoms with Crippen molar-refractivity contribution in [3.05, 3.63) is 66.0 Å². The summed E-state index contributed by atoms with van der Waals surface area (Å²) in [6, 6.07) is 15.4. The van der Waals surface area contributed by atoms with Gasteiger partial charge in [-0.3, -0.25) is 14.7 Å². The third-order valence-electron chi connectivity index (χ3n) is 6.80. The molecule has 2 aromatic rings. The second-order valence-corrected chi connectivity index (χ2v) is 8.91. The zero-order valence-corrected chi connectivity index (χ0v) is 18.5. The van der Waals surface area contributed by atoms with E-state index in [4.69, 9.17) is 0 Å². The number of pyridine rings is 1. The van der Waals surface area contributed by atoms with Crippen molar-refractivity contribution in [2.24, 2.45) is 5.92 Å². The van der Waals surface area contributed by atoms with E-state index in [0.29, 0.717) is 25.3 Å². The lowest BCUT2D eigenvalue weighted by Crippen LogP contribution is -2.56. The van der Waals surface area contributed by atoms with Crippen molar-refractivity contribution < 1.29 is 9.59 Å². The summed E-state index contributed by atoms with van der Waals surface area (Å²) in [5.41, 5.74) is 1.02. The number of likely N-dealkylation sites (tertiary alicyclic amines) is 1. The Hall–Kier alpha value is -2.73. The number of hydrogen-bond acceptors (Lipinski definition) is 4. The number of imide groups is 1. The average Bonchev–Trinajstić information content (AvgIpc) is 2.98. The highest BCUT2D eigenvalue weighted by Crippen LogP contribution is 2.39. The molecule has 6 heteroatoms. The molecular formula is C25H32N4O2. The third-order valence-corrected chi connectivity index (χ3v) is 6.80. The molecule has 1 atom stereocenters. The molecule has 0 radical (unpaired) electrons. The lowest BCUT2D eigenvalue weighted by molar-refractivity contribution is -0.136. The first-order valence-electron chi connectivity index (χ1n) is 11.3. The normalized spacial score (nSPS) is 19.9. The van der Waals surface area contributed by atoms with Crippen LogP contribution in [0.4, 0.5) is 4.79 Å². The molecule has 1 aromatic heterocycles. The number of nitrogens with zero attached hydrogens (tertiary/aromatic N) is 4. The van der Waals surface area contributed by atoms with Crippen LogP contribution < -0.4 is 0 Å². The Bertz CT molecular complexity index is 894. The SMILES string of the molecule is CCC(C)CN1CCC2(CC1)C(=O)N(Cc1ccccn1)C(=O)N2Cc1ccccc1.